The fourth-order valence-electron chi connectivity index (χ4n) is 2.23. The molecule has 2 rings (SSSR count). The maximum atomic E-state index is 2.60. The summed E-state index contributed by atoms with van der Waals surface area (Å²) in [4.78, 5) is 6.69. The van der Waals surface area contributed by atoms with Crippen molar-refractivity contribution in [3.8, 4) is 0 Å². The van der Waals surface area contributed by atoms with Gasteiger partial charge in [-0.2, -0.15) is 0 Å². The molecule has 2 heterocycles. The Labute approximate surface area is 103 Å². The van der Waals surface area contributed by atoms with E-state index in [2.05, 4.69) is 41.2 Å². The minimum atomic E-state index is 0.708. The second-order valence-electron chi connectivity index (χ2n) is 4.80. The Morgan fingerprint density at radius 2 is 2.00 bits per heavy atom. The van der Waals surface area contributed by atoms with Crippen molar-refractivity contribution in [2.75, 3.05) is 32.7 Å². The minimum Gasteiger partial charge on any atom is -0.300 e. The number of hydrogen-bond donors (Lipinski definition) is 0. The molecule has 1 aromatic heterocycles. The van der Waals surface area contributed by atoms with E-state index >= 15 is 0 Å². The smallest absolute Gasteiger partial charge is 0.0113 e. The van der Waals surface area contributed by atoms with Crippen molar-refractivity contribution < 1.29 is 0 Å². The highest BCUT2D eigenvalue weighted by atomic mass is 32.1. The van der Waals surface area contributed by atoms with Crippen LogP contribution in [0, 0.1) is 0 Å². The van der Waals surface area contributed by atoms with Gasteiger partial charge in [0.1, 0.15) is 0 Å². The number of nitrogens with zero attached hydrogens (tertiary/aromatic N) is 2. The zero-order valence-corrected chi connectivity index (χ0v) is 11.2. The molecule has 1 fully saturated rings. The second-order valence-corrected chi connectivity index (χ2v) is 5.83. The van der Waals surface area contributed by atoms with Crippen LogP contribution in [-0.4, -0.2) is 48.6 Å². The first-order valence-corrected chi connectivity index (χ1v) is 7.12. The van der Waals surface area contributed by atoms with Crippen LogP contribution in [0.25, 0.3) is 0 Å². The molecule has 1 aromatic rings. The summed E-state index contributed by atoms with van der Waals surface area (Å²) in [7, 11) is 0. The Hall–Kier alpha value is -0.380. The zero-order valence-electron chi connectivity index (χ0n) is 10.4. The van der Waals surface area contributed by atoms with Crippen LogP contribution in [0.15, 0.2) is 17.5 Å². The van der Waals surface area contributed by atoms with Crippen LogP contribution in [-0.2, 0) is 6.42 Å². The Bertz CT molecular complexity index is 287. The van der Waals surface area contributed by atoms with Crippen molar-refractivity contribution in [1.82, 2.24) is 9.80 Å². The molecule has 1 aliphatic heterocycles. The summed E-state index contributed by atoms with van der Waals surface area (Å²) in [6.07, 6.45) is 1.22. The van der Waals surface area contributed by atoms with E-state index in [0.717, 1.165) is 0 Å². The molecule has 0 aromatic carbocycles. The summed E-state index contributed by atoms with van der Waals surface area (Å²) >= 11 is 1.88. The second kappa shape index (κ2) is 5.80. The monoisotopic (exact) mass is 238 g/mol. The molecule has 0 spiro atoms. The minimum absolute atomic E-state index is 0.708. The molecule has 0 bridgehead atoms. The van der Waals surface area contributed by atoms with Gasteiger partial charge in [0, 0.05) is 43.6 Å². The van der Waals surface area contributed by atoms with Crippen LogP contribution in [0.1, 0.15) is 18.7 Å². The maximum Gasteiger partial charge on any atom is 0.0113 e. The van der Waals surface area contributed by atoms with Crippen molar-refractivity contribution in [2.45, 2.75) is 26.3 Å². The van der Waals surface area contributed by atoms with Crippen LogP contribution >= 0.6 is 11.3 Å². The number of rotatable bonds is 4. The average molecular weight is 238 g/mol. The summed E-state index contributed by atoms with van der Waals surface area (Å²) in [5.41, 5.74) is 0. The normalized spacial score (nSPS) is 19.4. The van der Waals surface area contributed by atoms with E-state index in [1.807, 2.05) is 11.3 Å². The van der Waals surface area contributed by atoms with Gasteiger partial charge in [-0.1, -0.05) is 6.07 Å². The molecule has 0 aliphatic carbocycles. The fraction of sp³-hybridized carbons (Fsp3) is 0.692. The van der Waals surface area contributed by atoms with Crippen LogP contribution in [0.5, 0.6) is 0 Å². The van der Waals surface area contributed by atoms with Gasteiger partial charge in [0.15, 0.2) is 0 Å². The molecule has 0 saturated carbocycles. The van der Waals surface area contributed by atoms with Crippen LogP contribution in [0.2, 0.25) is 0 Å². The van der Waals surface area contributed by atoms with Gasteiger partial charge >= 0.3 is 0 Å². The Kier molecular flexibility index (Phi) is 4.38. The molecule has 0 radical (unpaired) electrons. The summed E-state index contributed by atoms with van der Waals surface area (Å²) in [5, 5.41) is 2.17. The summed E-state index contributed by atoms with van der Waals surface area (Å²) in [6.45, 7) is 10.8. The highest BCUT2D eigenvalue weighted by Gasteiger charge is 2.18. The first-order chi connectivity index (χ1) is 7.75. The lowest BCUT2D eigenvalue weighted by Crippen LogP contribution is -2.49. The Morgan fingerprint density at radius 3 is 2.56 bits per heavy atom. The number of piperazine rings is 1. The highest BCUT2D eigenvalue weighted by molar-refractivity contribution is 7.09. The average Bonchev–Trinajstić information content (AvgIpc) is 2.80. The van der Waals surface area contributed by atoms with E-state index in [9.17, 15) is 0 Å². The molecule has 1 saturated heterocycles. The molecule has 90 valence electrons. The third kappa shape index (κ3) is 3.30. The largest absolute Gasteiger partial charge is 0.300 e. The lowest BCUT2D eigenvalue weighted by atomic mass is 10.2. The highest BCUT2D eigenvalue weighted by Crippen LogP contribution is 2.11. The first-order valence-electron chi connectivity index (χ1n) is 6.24. The molecule has 16 heavy (non-hydrogen) atoms. The van der Waals surface area contributed by atoms with Crippen molar-refractivity contribution in [2.24, 2.45) is 0 Å². The lowest BCUT2D eigenvalue weighted by Gasteiger charge is -2.36. The van der Waals surface area contributed by atoms with Crippen molar-refractivity contribution in [1.29, 1.82) is 0 Å². The van der Waals surface area contributed by atoms with Gasteiger partial charge in [-0.3, -0.25) is 4.90 Å². The lowest BCUT2D eigenvalue weighted by molar-refractivity contribution is 0.109. The van der Waals surface area contributed by atoms with Gasteiger partial charge in [0.2, 0.25) is 0 Å². The third-order valence-corrected chi connectivity index (χ3v) is 4.33. The molecule has 0 atom stereocenters. The summed E-state index contributed by atoms with van der Waals surface area (Å²) < 4.78 is 0. The quantitative estimate of drug-likeness (QED) is 0.794. The van der Waals surface area contributed by atoms with E-state index in [1.165, 1.54) is 44.0 Å². The fourth-order valence-corrected chi connectivity index (χ4v) is 2.92. The number of hydrogen-bond acceptors (Lipinski definition) is 3. The predicted molar refractivity (Wildman–Crippen MR) is 71.2 cm³/mol. The Balaban J connectivity index is 1.69. The molecule has 0 amide bonds. The van der Waals surface area contributed by atoms with Crippen LogP contribution in [0.4, 0.5) is 0 Å². The molecule has 2 nitrogen and oxygen atoms in total. The van der Waals surface area contributed by atoms with E-state index in [0.29, 0.717) is 6.04 Å². The van der Waals surface area contributed by atoms with Crippen LogP contribution in [0.3, 0.4) is 0 Å². The molecule has 0 unspecified atom stereocenters. The van der Waals surface area contributed by atoms with Crippen molar-refractivity contribution >= 4 is 11.3 Å². The third-order valence-electron chi connectivity index (χ3n) is 3.39. The SMILES string of the molecule is CC(C)N1CCN(CCc2cccs2)CC1. The van der Waals surface area contributed by atoms with E-state index in [-0.39, 0.29) is 0 Å². The van der Waals surface area contributed by atoms with Gasteiger partial charge in [-0.15, -0.1) is 11.3 Å². The predicted octanol–water partition coefficient (Wildman–Crippen LogP) is 2.32. The Morgan fingerprint density at radius 1 is 1.25 bits per heavy atom. The van der Waals surface area contributed by atoms with Gasteiger partial charge in [-0.05, 0) is 31.7 Å². The maximum absolute atomic E-state index is 2.60. The van der Waals surface area contributed by atoms with E-state index in [1.54, 1.807) is 0 Å². The summed E-state index contributed by atoms with van der Waals surface area (Å²) in [5.74, 6) is 0. The van der Waals surface area contributed by atoms with Crippen molar-refractivity contribution in [3.63, 3.8) is 0 Å². The van der Waals surface area contributed by atoms with Crippen LogP contribution < -0.4 is 0 Å². The molecule has 1 aliphatic rings. The van der Waals surface area contributed by atoms with Gasteiger partial charge in [0.05, 0.1) is 0 Å². The molecular weight excluding hydrogens is 216 g/mol. The van der Waals surface area contributed by atoms with Gasteiger partial charge < -0.3 is 4.90 Å². The molecular formula is C13H22N2S. The topological polar surface area (TPSA) is 6.48 Å². The van der Waals surface area contributed by atoms with E-state index < -0.39 is 0 Å². The van der Waals surface area contributed by atoms with Crippen molar-refractivity contribution in [3.05, 3.63) is 22.4 Å². The molecule has 3 heteroatoms. The zero-order chi connectivity index (χ0) is 11.4. The summed E-state index contributed by atoms with van der Waals surface area (Å²) in [6, 6.07) is 5.10. The van der Waals surface area contributed by atoms with Gasteiger partial charge in [-0.25, -0.2) is 0 Å². The van der Waals surface area contributed by atoms with Gasteiger partial charge in [0.25, 0.3) is 0 Å². The van der Waals surface area contributed by atoms with E-state index in [4.69, 9.17) is 0 Å². The first kappa shape index (κ1) is 12.1. The number of thiophene rings is 1. The molecule has 0 N–H and O–H groups in total. The standard InChI is InChI=1S/C13H22N2S/c1-12(2)15-9-7-14(8-10-15)6-5-13-4-3-11-16-13/h3-4,11-12H,5-10H2,1-2H3.